The first-order valence-corrected chi connectivity index (χ1v) is 7.74. The summed E-state index contributed by atoms with van der Waals surface area (Å²) in [5.74, 6) is 2.56. The first kappa shape index (κ1) is 12.7. The largest absolute Gasteiger partial charge is 0.373 e. The minimum absolute atomic E-state index is 0.0209. The highest BCUT2D eigenvalue weighted by Crippen LogP contribution is 2.56. The molecule has 18 heavy (non-hydrogen) atoms. The number of hydrogen-bond acceptors (Lipinski definition) is 2. The van der Waals surface area contributed by atoms with E-state index >= 15 is 0 Å². The van der Waals surface area contributed by atoms with Crippen LogP contribution in [0.15, 0.2) is 0 Å². The molecule has 102 valence electrons. The Labute approximate surface area is 114 Å². The van der Waals surface area contributed by atoms with Crippen molar-refractivity contribution in [2.75, 3.05) is 19.0 Å². The lowest BCUT2D eigenvalue weighted by Gasteiger charge is -2.37. The number of hydrogen-bond donors (Lipinski definition) is 0. The van der Waals surface area contributed by atoms with Crippen LogP contribution in [-0.4, -0.2) is 42.0 Å². The van der Waals surface area contributed by atoms with Crippen molar-refractivity contribution in [2.45, 2.75) is 44.8 Å². The van der Waals surface area contributed by atoms with E-state index in [0.29, 0.717) is 42.7 Å². The van der Waals surface area contributed by atoms with Gasteiger partial charge in [-0.3, -0.25) is 4.79 Å². The summed E-state index contributed by atoms with van der Waals surface area (Å²) in [4.78, 5) is 14.7. The lowest BCUT2D eigenvalue weighted by molar-refractivity contribution is -0.145. The van der Waals surface area contributed by atoms with E-state index in [9.17, 15) is 4.79 Å². The number of carbonyl (C=O) groups excluding carboxylic acids is 1. The number of morpholine rings is 1. The summed E-state index contributed by atoms with van der Waals surface area (Å²) in [6.07, 6.45) is 5.17. The Bertz CT molecular complexity index is 324. The molecule has 4 heteroatoms. The number of alkyl halides is 1. The summed E-state index contributed by atoms with van der Waals surface area (Å²) < 4.78 is 5.61. The van der Waals surface area contributed by atoms with Gasteiger partial charge in [-0.25, -0.2) is 0 Å². The summed E-state index contributed by atoms with van der Waals surface area (Å²) in [5, 5.41) is 0. The normalized spacial score (nSPS) is 43.4. The van der Waals surface area contributed by atoms with E-state index < -0.39 is 0 Å². The van der Waals surface area contributed by atoms with Gasteiger partial charge < -0.3 is 9.64 Å². The highest BCUT2D eigenvalue weighted by molar-refractivity contribution is 6.18. The molecule has 3 rings (SSSR count). The van der Waals surface area contributed by atoms with Gasteiger partial charge >= 0.3 is 0 Å². The van der Waals surface area contributed by atoms with Gasteiger partial charge in [0.05, 0.1) is 24.6 Å². The van der Waals surface area contributed by atoms with Crippen LogP contribution >= 0.6 is 11.6 Å². The Morgan fingerprint density at radius 1 is 1.33 bits per heavy atom. The number of carbonyl (C=O) groups is 1. The second-order valence-corrected chi connectivity index (χ2v) is 6.40. The van der Waals surface area contributed by atoms with Crippen LogP contribution in [0.1, 0.15) is 32.6 Å². The van der Waals surface area contributed by atoms with Crippen molar-refractivity contribution in [2.24, 2.45) is 17.8 Å². The Balaban J connectivity index is 1.64. The maximum atomic E-state index is 12.6. The van der Waals surface area contributed by atoms with Crippen molar-refractivity contribution in [1.82, 2.24) is 4.90 Å². The molecule has 0 N–H and O–H groups in total. The number of nitrogens with zero attached hydrogens (tertiary/aromatic N) is 1. The monoisotopic (exact) mass is 271 g/mol. The predicted octanol–water partition coefficient (Wildman–Crippen LogP) is 2.28. The molecule has 4 unspecified atom stereocenters. The number of rotatable bonds is 2. The summed E-state index contributed by atoms with van der Waals surface area (Å²) >= 11 is 5.85. The van der Waals surface area contributed by atoms with Crippen molar-refractivity contribution >= 4 is 17.5 Å². The summed E-state index contributed by atoms with van der Waals surface area (Å²) in [6.45, 7) is 3.39. The third-order valence-electron chi connectivity index (χ3n) is 4.90. The van der Waals surface area contributed by atoms with Crippen LogP contribution in [0.5, 0.6) is 0 Å². The molecular formula is C14H22ClNO2. The molecule has 4 atom stereocenters. The summed E-state index contributed by atoms with van der Waals surface area (Å²) in [6, 6.07) is 0.208. The Morgan fingerprint density at radius 3 is 2.61 bits per heavy atom. The van der Waals surface area contributed by atoms with Crippen LogP contribution in [-0.2, 0) is 9.53 Å². The quantitative estimate of drug-likeness (QED) is 0.721. The number of fused-ring (bicyclic) bond motifs is 1. The minimum atomic E-state index is 0.0209. The Hall–Kier alpha value is -0.280. The molecule has 2 saturated carbocycles. The van der Waals surface area contributed by atoms with Gasteiger partial charge in [0.15, 0.2) is 0 Å². The van der Waals surface area contributed by atoms with E-state index in [2.05, 4.69) is 6.92 Å². The molecule has 0 radical (unpaired) electrons. The molecule has 1 heterocycles. The lowest BCUT2D eigenvalue weighted by atomic mass is 10.0. The molecule has 2 aliphatic carbocycles. The van der Waals surface area contributed by atoms with Crippen LogP contribution < -0.4 is 0 Å². The fourth-order valence-electron chi connectivity index (χ4n) is 3.77. The van der Waals surface area contributed by atoms with Crippen molar-refractivity contribution in [3.05, 3.63) is 0 Å². The van der Waals surface area contributed by atoms with E-state index in [4.69, 9.17) is 16.3 Å². The number of ether oxygens (including phenoxy) is 1. The zero-order chi connectivity index (χ0) is 12.7. The highest BCUT2D eigenvalue weighted by atomic mass is 35.5. The van der Waals surface area contributed by atoms with Gasteiger partial charge in [-0.1, -0.05) is 12.8 Å². The molecule has 1 amide bonds. The van der Waals surface area contributed by atoms with E-state index in [1.165, 1.54) is 25.7 Å². The molecular weight excluding hydrogens is 250 g/mol. The van der Waals surface area contributed by atoms with E-state index in [0.717, 1.165) is 0 Å². The maximum Gasteiger partial charge on any atom is 0.226 e. The van der Waals surface area contributed by atoms with Crippen LogP contribution in [0.4, 0.5) is 0 Å². The molecule has 3 aliphatic rings. The molecule has 1 saturated heterocycles. The van der Waals surface area contributed by atoms with Gasteiger partial charge in [-0.2, -0.15) is 0 Å². The molecule has 3 fully saturated rings. The van der Waals surface area contributed by atoms with E-state index in [1.54, 1.807) is 0 Å². The van der Waals surface area contributed by atoms with Gasteiger partial charge in [0, 0.05) is 12.5 Å². The SMILES string of the molecule is CC1COC(CCl)CN1C(=O)C1C2CCCCC21. The maximum absolute atomic E-state index is 12.6. The first-order chi connectivity index (χ1) is 8.72. The van der Waals surface area contributed by atoms with Crippen molar-refractivity contribution < 1.29 is 9.53 Å². The van der Waals surface area contributed by atoms with Crippen molar-refractivity contribution in [3.8, 4) is 0 Å². The van der Waals surface area contributed by atoms with Gasteiger partial charge in [0.2, 0.25) is 5.91 Å². The van der Waals surface area contributed by atoms with Crippen LogP contribution in [0.3, 0.4) is 0 Å². The standard InChI is InChI=1S/C14H22ClNO2/c1-9-8-18-10(6-15)7-16(9)14(17)13-11-4-2-3-5-12(11)13/h9-13H,2-8H2,1H3. The highest BCUT2D eigenvalue weighted by Gasteiger charge is 2.56. The third-order valence-corrected chi connectivity index (χ3v) is 5.25. The molecule has 0 aromatic heterocycles. The van der Waals surface area contributed by atoms with E-state index in [-0.39, 0.29) is 12.1 Å². The molecule has 0 aromatic carbocycles. The van der Waals surface area contributed by atoms with Crippen molar-refractivity contribution in [1.29, 1.82) is 0 Å². The zero-order valence-electron chi connectivity index (χ0n) is 11.0. The summed E-state index contributed by atoms with van der Waals surface area (Å²) in [7, 11) is 0. The number of halogens is 1. The van der Waals surface area contributed by atoms with Crippen molar-refractivity contribution in [3.63, 3.8) is 0 Å². The molecule has 0 bridgehead atoms. The Kier molecular flexibility index (Phi) is 3.55. The minimum Gasteiger partial charge on any atom is -0.373 e. The fourth-order valence-corrected chi connectivity index (χ4v) is 3.95. The Morgan fingerprint density at radius 2 is 2.00 bits per heavy atom. The second kappa shape index (κ2) is 5.01. The molecule has 0 aromatic rings. The van der Waals surface area contributed by atoms with Gasteiger partial charge in [0.1, 0.15) is 0 Å². The van der Waals surface area contributed by atoms with Crippen LogP contribution in [0, 0.1) is 17.8 Å². The van der Waals surface area contributed by atoms with Gasteiger partial charge in [0.25, 0.3) is 0 Å². The fraction of sp³-hybridized carbons (Fsp3) is 0.929. The average molecular weight is 272 g/mol. The predicted molar refractivity (Wildman–Crippen MR) is 70.6 cm³/mol. The van der Waals surface area contributed by atoms with Gasteiger partial charge in [-0.05, 0) is 31.6 Å². The molecule has 3 nitrogen and oxygen atoms in total. The molecule has 1 aliphatic heterocycles. The first-order valence-electron chi connectivity index (χ1n) is 7.20. The second-order valence-electron chi connectivity index (χ2n) is 6.09. The number of amides is 1. The topological polar surface area (TPSA) is 29.5 Å². The van der Waals surface area contributed by atoms with Crippen LogP contribution in [0.2, 0.25) is 0 Å². The van der Waals surface area contributed by atoms with Gasteiger partial charge in [-0.15, -0.1) is 11.6 Å². The smallest absolute Gasteiger partial charge is 0.226 e. The lowest BCUT2D eigenvalue weighted by Crippen LogP contribution is -2.52. The van der Waals surface area contributed by atoms with E-state index in [1.807, 2.05) is 4.90 Å². The zero-order valence-corrected chi connectivity index (χ0v) is 11.7. The molecule has 0 spiro atoms. The third kappa shape index (κ3) is 2.16. The average Bonchev–Trinajstić information content (AvgIpc) is 3.13. The van der Waals surface area contributed by atoms with Crippen LogP contribution in [0.25, 0.3) is 0 Å². The summed E-state index contributed by atoms with van der Waals surface area (Å²) in [5.41, 5.74) is 0.